The van der Waals surface area contributed by atoms with Gasteiger partial charge in [0.25, 0.3) is 5.91 Å². The molecule has 0 aliphatic carbocycles. The van der Waals surface area contributed by atoms with Crippen LogP contribution in [-0.4, -0.2) is 38.8 Å². The van der Waals surface area contributed by atoms with E-state index in [4.69, 9.17) is 0 Å². The highest BCUT2D eigenvalue weighted by atomic mass is 79.9. The van der Waals surface area contributed by atoms with E-state index < -0.39 is 0 Å². The monoisotopic (exact) mass is 289 g/mol. The van der Waals surface area contributed by atoms with Crippen LogP contribution >= 0.6 is 27.5 Å². The zero-order chi connectivity index (χ0) is 10.7. The topological polar surface area (TPSA) is 46.1 Å². The van der Waals surface area contributed by atoms with Gasteiger partial charge in [-0.2, -0.15) is 0 Å². The Morgan fingerprint density at radius 2 is 2.60 bits per heavy atom. The van der Waals surface area contributed by atoms with Crippen molar-refractivity contribution >= 4 is 33.4 Å². The van der Waals surface area contributed by atoms with Crippen LogP contribution in [-0.2, 0) is 0 Å². The lowest BCUT2D eigenvalue weighted by Gasteiger charge is -2.14. The number of amides is 1. The number of alkyl halides is 1. The fraction of sp³-hybridized carbons (Fsp3) is 0.667. The van der Waals surface area contributed by atoms with Gasteiger partial charge in [-0.1, -0.05) is 20.4 Å². The zero-order valence-electron chi connectivity index (χ0n) is 8.23. The third kappa shape index (κ3) is 2.55. The Kier molecular flexibility index (Phi) is 3.69. The number of nitrogens with zero attached hydrogens (tertiary/aromatic N) is 3. The minimum absolute atomic E-state index is 0.0853. The first kappa shape index (κ1) is 11.0. The summed E-state index contributed by atoms with van der Waals surface area (Å²) in [6, 6.07) is 0. The summed E-state index contributed by atoms with van der Waals surface area (Å²) in [5.41, 5.74) is 0. The quantitative estimate of drug-likeness (QED) is 0.797. The van der Waals surface area contributed by atoms with Gasteiger partial charge in [0.15, 0.2) is 0 Å². The van der Waals surface area contributed by atoms with Crippen molar-refractivity contribution in [3.8, 4) is 0 Å². The zero-order valence-corrected chi connectivity index (χ0v) is 10.6. The Balaban J connectivity index is 1.93. The molecular weight excluding hydrogens is 278 g/mol. The molecule has 0 N–H and O–H groups in total. The summed E-state index contributed by atoms with van der Waals surface area (Å²) in [5, 5.41) is 4.70. The Bertz CT molecular complexity index is 330. The first-order valence-electron chi connectivity index (χ1n) is 4.94. The van der Waals surface area contributed by atoms with Crippen LogP contribution < -0.4 is 0 Å². The molecule has 0 spiro atoms. The van der Waals surface area contributed by atoms with Gasteiger partial charge in [0.05, 0.1) is 6.20 Å². The van der Waals surface area contributed by atoms with E-state index in [1.54, 1.807) is 6.20 Å². The molecule has 1 aliphatic rings. The molecule has 1 aromatic rings. The van der Waals surface area contributed by atoms with Gasteiger partial charge in [-0.05, 0) is 30.3 Å². The van der Waals surface area contributed by atoms with Crippen LogP contribution in [0.3, 0.4) is 0 Å². The number of likely N-dealkylation sites (tertiary alicyclic amines) is 1. The molecule has 6 heteroatoms. The molecule has 1 amide bonds. The van der Waals surface area contributed by atoms with Crippen LogP contribution in [0.2, 0.25) is 0 Å². The molecular formula is C9H12BrN3OS. The van der Waals surface area contributed by atoms with E-state index in [0.717, 1.165) is 31.3 Å². The number of carbonyl (C=O) groups is 1. The highest BCUT2D eigenvalue weighted by molar-refractivity contribution is 9.09. The molecule has 1 unspecified atom stereocenters. The Labute approximate surface area is 101 Å². The lowest BCUT2D eigenvalue weighted by Crippen LogP contribution is -2.28. The lowest BCUT2D eigenvalue weighted by molar-refractivity contribution is 0.0791. The largest absolute Gasteiger partial charge is 0.338 e. The van der Waals surface area contributed by atoms with Crippen LogP contribution in [0.15, 0.2) is 6.20 Å². The molecule has 0 aromatic carbocycles. The molecule has 82 valence electrons. The molecule has 1 fully saturated rings. The summed E-state index contributed by atoms with van der Waals surface area (Å²) < 4.78 is 3.71. The molecule has 1 atom stereocenters. The summed E-state index contributed by atoms with van der Waals surface area (Å²) >= 11 is 4.60. The maximum atomic E-state index is 11.9. The minimum Gasteiger partial charge on any atom is -0.338 e. The molecule has 1 aliphatic heterocycles. The van der Waals surface area contributed by atoms with Crippen molar-refractivity contribution in [2.75, 3.05) is 18.4 Å². The Hall–Kier alpha value is -0.490. The molecule has 15 heavy (non-hydrogen) atoms. The van der Waals surface area contributed by atoms with Gasteiger partial charge >= 0.3 is 0 Å². The van der Waals surface area contributed by atoms with E-state index in [2.05, 4.69) is 25.5 Å². The molecule has 1 aromatic heterocycles. The van der Waals surface area contributed by atoms with Gasteiger partial charge in [-0.3, -0.25) is 4.79 Å². The third-order valence-corrected chi connectivity index (χ3v) is 3.77. The van der Waals surface area contributed by atoms with E-state index in [0.29, 0.717) is 10.8 Å². The number of carbonyl (C=O) groups excluding carboxylic acids is 1. The highest BCUT2D eigenvalue weighted by Gasteiger charge is 2.27. The molecule has 2 rings (SSSR count). The second-order valence-electron chi connectivity index (χ2n) is 3.67. The molecule has 1 saturated heterocycles. The van der Waals surface area contributed by atoms with Crippen LogP contribution in [0.25, 0.3) is 0 Å². The predicted molar refractivity (Wildman–Crippen MR) is 62.3 cm³/mol. The van der Waals surface area contributed by atoms with E-state index in [1.165, 1.54) is 11.5 Å². The van der Waals surface area contributed by atoms with Crippen molar-refractivity contribution in [3.05, 3.63) is 11.1 Å². The van der Waals surface area contributed by atoms with Crippen LogP contribution in [0, 0.1) is 5.92 Å². The van der Waals surface area contributed by atoms with E-state index >= 15 is 0 Å². The lowest BCUT2D eigenvalue weighted by atomic mass is 10.1. The number of halogens is 1. The van der Waals surface area contributed by atoms with Crippen molar-refractivity contribution in [1.29, 1.82) is 0 Å². The first-order valence-corrected chi connectivity index (χ1v) is 6.83. The number of rotatable bonds is 3. The maximum absolute atomic E-state index is 11.9. The molecule has 0 bridgehead atoms. The molecule has 0 radical (unpaired) electrons. The second kappa shape index (κ2) is 5.03. The van der Waals surface area contributed by atoms with Gasteiger partial charge in [-0.25, -0.2) is 0 Å². The van der Waals surface area contributed by atoms with Gasteiger partial charge in [0.2, 0.25) is 0 Å². The van der Waals surface area contributed by atoms with Crippen molar-refractivity contribution in [2.45, 2.75) is 12.8 Å². The van der Waals surface area contributed by atoms with Crippen LogP contribution in [0.1, 0.15) is 22.5 Å². The van der Waals surface area contributed by atoms with Crippen LogP contribution in [0.4, 0.5) is 0 Å². The summed E-state index contributed by atoms with van der Waals surface area (Å²) in [6.45, 7) is 1.75. The Morgan fingerprint density at radius 1 is 1.73 bits per heavy atom. The molecule has 2 heterocycles. The minimum atomic E-state index is 0.0853. The second-order valence-corrected chi connectivity index (χ2v) is 5.24. The van der Waals surface area contributed by atoms with E-state index in [-0.39, 0.29) is 5.91 Å². The van der Waals surface area contributed by atoms with Crippen molar-refractivity contribution in [2.24, 2.45) is 5.92 Å². The number of hydrogen-bond acceptors (Lipinski definition) is 4. The van der Waals surface area contributed by atoms with Gasteiger partial charge < -0.3 is 4.90 Å². The summed E-state index contributed by atoms with van der Waals surface area (Å²) in [4.78, 5) is 14.5. The molecule has 0 saturated carbocycles. The van der Waals surface area contributed by atoms with Crippen molar-refractivity contribution in [1.82, 2.24) is 14.5 Å². The van der Waals surface area contributed by atoms with Gasteiger partial charge in [0, 0.05) is 18.4 Å². The average Bonchev–Trinajstić information content (AvgIpc) is 2.87. The normalized spacial score (nSPS) is 20.9. The van der Waals surface area contributed by atoms with Crippen molar-refractivity contribution in [3.63, 3.8) is 0 Å². The van der Waals surface area contributed by atoms with E-state index in [9.17, 15) is 4.79 Å². The number of hydrogen-bond donors (Lipinski definition) is 0. The summed E-state index contributed by atoms with van der Waals surface area (Å²) in [7, 11) is 0. The maximum Gasteiger partial charge on any atom is 0.267 e. The smallest absolute Gasteiger partial charge is 0.267 e. The first-order chi connectivity index (χ1) is 7.31. The Morgan fingerprint density at radius 3 is 3.27 bits per heavy atom. The van der Waals surface area contributed by atoms with Crippen molar-refractivity contribution < 1.29 is 4.79 Å². The van der Waals surface area contributed by atoms with Gasteiger partial charge in [0.1, 0.15) is 4.88 Å². The van der Waals surface area contributed by atoms with E-state index in [1.807, 2.05) is 4.90 Å². The van der Waals surface area contributed by atoms with Gasteiger partial charge in [-0.15, -0.1) is 5.10 Å². The average molecular weight is 290 g/mol. The van der Waals surface area contributed by atoms with Crippen LogP contribution in [0.5, 0.6) is 0 Å². The standard InChI is InChI=1S/C9H12BrN3OS/c10-3-1-7-2-4-13(6-7)9(14)8-5-11-12-15-8/h5,7H,1-4,6H2. The molecule has 4 nitrogen and oxygen atoms in total. The summed E-state index contributed by atoms with van der Waals surface area (Å²) in [5.74, 6) is 0.733. The fourth-order valence-corrected chi connectivity index (χ4v) is 2.96. The SMILES string of the molecule is O=C(c1cnns1)N1CCC(CCBr)C1. The third-order valence-electron chi connectivity index (χ3n) is 2.66. The summed E-state index contributed by atoms with van der Waals surface area (Å²) in [6.07, 6.45) is 3.80. The number of aromatic nitrogens is 2. The predicted octanol–water partition coefficient (Wildman–Crippen LogP) is 1.79. The fourth-order valence-electron chi connectivity index (χ4n) is 1.82. The highest BCUT2D eigenvalue weighted by Crippen LogP contribution is 2.22.